The third kappa shape index (κ3) is 4.06. The lowest BCUT2D eigenvalue weighted by Gasteiger charge is -2.27. The van der Waals surface area contributed by atoms with Crippen LogP contribution in [0.2, 0.25) is 0 Å². The molecule has 0 amide bonds. The summed E-state index contributed by atoms with van der Waals surface area (Å²) in [5.74, 6) is 2.44. The fourth-order valence-electron chi connectivity index (χ4n) is 3.53. The molecule has 0 aliphatic carbocycles. The molecule has 0 fully saturated rings. The van der Waals surface area contributed by atoms with Crippen LogP contribution in [0.4, 0.5) is 17.3 Å². The number of aromatic nitrogens is 3. The highest BCUT2D eigenvalue weighted by molar-refractivity contribution is 5.75. The van der Waals surface area contributed by atoms with Gasteiger partial charge >= 0.3 is 0 Å². The zero-order chi connectivity index (χ0) is 20.2. The first-order valence-electron chi connectivity index (χ1n) is 9.96. The molecule has 1 N–H and O–H groups in total. The van der Waals surface area contributed by atoms with E-state index < -0.39 is 0 Å². The van der Waals surface area contributed by atoms with Gasteiger partial charge in [-0.1, -0.05) is 19.6 Å². The molecule has 1 aliphatic heterocycles. The number of hydrogen-bond donors (Lipinski definition) is 1. The Bertz CT molecular complexity index is 1000. The molecule has 0 spiro atoms. The molecule has 0 unspecified atom stereocenters. The quantitative estimate of drug-likeness (QED) is 0.704. The highest BCUT2D eigenvalue weighted by Gasteiger charge is 2.23. The van der Waals surface area contributed by atoms with Gasteiger partial charge in [0, 0.05) is 44.3 Å². The molecule has 4 rings (SSSR count). The molecule has 4 heterocycles. The van der Waals surface area contributed by atoms with E-state index >= 15 is 0 Å². The summed E-state index contributed by atoms with van der Waals surface area (Å²) in [5.41, 5.74) is 4.24. The van der Waals surface area contributed by atoms with Crippen LogP contribution in [-0.2, 0) is 6.42 Å². The summed E-state index contributed by atoms with van der Waals surface area (Å²) in [6.45, 7) is 8.21. The fourth-order valence-corrected chi connectivity index (χ4v) is 3.53. The summed E-state index contributed by atoms with van der Waals surface area (Å²) in [5, 5.41) is 3.32. The van der Waals surface area contributed by atoms with E-state index in [0.29, 0.717) is 0 Å². The van der Waals surface area contributed by atoms with Crippen molar-refractivity contribution in [1.82, 2.24) is 15.0 Å². The van der Waals surface area contributed by atoms with Crippen LogP contribution in [-0.4, -0.2) is 35.1 Å². The molecule has 6 heteroatoms. The molecule has 1 aliphatic rings. The number of aryl methyl sites for hydroxylation is 1. The van der Waals surface area contributed by atoms with Crippen LogP contribution >= 0.6 is 0 Å². The van der Waals surface area contributed by atoms with Crippen LogP contribution in [0.1, 0.15) is 18.9 Å². The zero-order valence-corrected chi connectivity index (χ0v) is 17.0. The van der Waals surface area contributed by atoms with E-state index in [-0.39, 0.29) is 0 Å². The summed E-state index contributed by atoms with van der Waals surface area (Å²) in [6, 6.07) is 12.2. The lowest BCUT2D eigenvalue weighted by molar-refractivity contribution is 0.789. The Morgan fingerprint density at radius 3 is 2.86 bits per heavy atom. The zero-order valence-electron chi connectivity index (χ0n) is 17.0. The molecule has 6 nitrogen and oxygen atoms in total. The molecular weight excluding hydrogens is 360 g/mol. The minimum absolute atomic E-state index is 0.769. The van der Waals surface area contributed by atoms with Gasteiger partial charge in [-0.05, 0) is 48.7 Å². The van der Waals surface area contributed by atoms with Gasteiger partial charge in [0.25, 0.3) is 0 Å². The standard InChI is InChI=1S/C23H26N6/c1-4-18-14-19(16-24-15-18)20-9-10-21-23(27-20)29(13-7-12-28(21)3)17(2)26-22-8-5-6-11-25-22/h5-6,8-11,14-16H,2,4,7,12-13H2,1,3H3,(H,25,26). The second-order valence-corrected chi connectivity index (χ2v) is 7.19. The van der Waals surface area contributed by atoms with Crippen LogP contribution < -0.4 is 15.1 Å². The van der Waals surface area contributed by atoms with Crippen molar-refractivity contribution in [3.63, 3.8) is 0 Å². The SMILES string of the molecule is C=C(Nc1ccccn1)N1CCCN(C)c2ccc(-c3cncc(CC)c3)nc21. The van der Waals surface area contributed by atoms with Gasteiger partial charge in [-0.2, -0.15) is 0 Å². The van der Waals surface area contributed by atoms with E-state index in [1.807, 2.05) is 30.6 Å². The van der Waals surface area contributed by atoms with Crippen LogP contribution in [0.5, 0.6) is 0 Å². The number of hydrogen-bond acceptors (Lipinski definition) is 6. The maximum atomic E-state index is 5.04. The number of nitrogens with one attached hydrogen (secondary N) is 1. The molecule has 0 saturated carbocycles. The molecular formula is C23H26N6. The van der Waals surface area contributed by atoms with Gasteiger partial charge in [0.1, 0.15) is 11.6 Å². The van der Waals surface area contributed by atoms with Gasteiger partial charge in [-0.3, -0.25) is 4.98 Å². The summed E-state index contributed by atoms with van der Waals surface area (Å²) in [6.07, 6.45) is 7.51. The minimum Gasteiger partial charge on any atom is -0.372 e. The summed E-state index contributed by atoms with van der Waals surface area (Å²) >= 11 is 0. The maximum Gasteiger partial charge on any atom is 0.158 e. The largest absolute Gasteiger partial charge is 0.372 e. The van der Waals surface area contributed by atoms with Gasteiger partial charge in [0.05, 0.1) is 11.4 Å². The third-order valence-corrected chi connectivity index (χ3v) is 5.16. The molecule has 148 valence electrons. The Morgan fingerprint density at radius 2 is 2.07 bits per heavy atom. The van der Waals surface area contributed by atoms with E-state index in [0.717, 1.165) is 60.3 Å². The lowest BCUT2D eigenvalue weighted by Crippen LogP contribution is -2.28. The van der Waals surface area contributed by atoms with Crippen LogP contribution in [0.3, 0.4) is 0 Å². The van der Waals surface area contributed by atoms with Gasteiger partial charge in [-0.25, -0.2) is 9.97 Å². The Balaban J connectivity index is 1.72. The lowest BCUT2D eigenvalue weighted by atomic mass is 10.1. The van der Waals surface area contributed by atoms with Gasteiger partial charge in [0.15, 0.2) is 5.82 Å². The van der Waals surface area contributed by atoms with E-state index in [4.69, 9.17) is 4.98 Å². The second kappa shape index (κ2) is 8.31. The van der Waals surface area contributed by atoms with Crippen LogP contribution in [0, 0.1) is 0 Å². The van der Waals surface area contributed by atoms with E-state index in [1.165, 1.54) is 5.56 Å². The summed E-state index contributed by atoms with van der Waals surface area (Å²) < 4.78 is 0. The number of anilines is 3. The molecule has 0 radical (unpaired) electrons. The first-order chi connectivity index (χ1) is 14.2. The summed E-state index contributed by atoms with van der Waals surface area (Å²) in [7, 11) is 2.11. The van der Waals surface area contributed by atoms with Crippen molar-refractivity contribution in [2.75, 3.05) is 35.3 Å². The first kappa shape index (κ1) is 18.9. The smallest absolute Gasteiger partial charge is 0.158 e. The predicted octanol–water partition coefficient (Wildman–Crippen LogP) is 4.33. The molecule has 3 aromatic heterocycles. The highest BCUT2D eigenvalue weighted by atomic mass is 15.3. The Morgan fingerprint density at radius 1 is 1.17 bits per heavy atom. The molecule has 29 heavy (non-hydrogen) atoms. The van der Waals surface area contributed by atoms with E-state index in [1.54, 1.807) is 6.20 Å². The third-order valence-electron chi connectivity index (χ3n) is 5.16. The number of nitrogens with zero attached hydrogens (tertiary/aromatic N) is 5. The van der Waals surface area contributed by atoms with Crippen molar-refractivity contribution in [2.45, 2.75) is 19.8 Å². The van der Waals surface area contributed by atoms with Crippen molar-refractivity contribution in [3.8, 4) is 11.3 Å². The maximum absolute atomic E-state index is 5.04. The average Bonchev–Trinajstić information content (AvgIpc) is 2.93. The van der Waals surface area contributed by atoms with Crippen molar-refractivity contribution in [3.05, 3.63) is 73.0 Å². The Labute approximate surface area is 171 Å². The molecule has 0 atom stereocenters. The highest BCUT2D eigenvalue weighted by Crippen LogP contribution is 2.34. The average molecular weight is 387 g/mol. The number of rotatable bonds is 5. The second-order valence-electron chi connectivity index (χ2n) is 7.19. The minimum atomic E-state index is 0.769. The van der Waals surface area contributed by atoms with Crippen molar-refractivity contribution in [2.24, 2.45) is 0 Å². The molecule has 0 bridgehead atoms. The topological polar surface area (TPSA) is 57.2 Å². The molecule has 0 saturated heterocycles. The van der Waals surface area contributed by atoms with Crippen LogP contribution in [0.15, 0.2) is 67.4 Å². The van der Waals surface area contributed by atoms with Crippen molar-refractivity contribution >= 4 is 17.3 Å². The van der Waals surface area contributed by atoms with Gasteiger partial charge < -0.3 is 15.1 Å². The van der Waals surface area contributed by atoms with Crippen molar-refractivity contribution < 1.29 is 0 Å². The van der Waals surface area contributed by atoms with Gasteiger partial charge in [0.2, 0.25) is 0 Å². The van der Waals surface area contributed by atoms with Crippen molar-refractivity contribution in [1.29, 1.82) is 0 Å². The van der Waals surface area contributed by atoms with Crippen LogP contribution in [0.25, 0.3) is 11.3 Å². The number of fused-ring (bicyclic) bond motifs is 1. The molecule has 3 aromatic rings. The normalized spacial score (nSPS) is 13.6. The predicted molar refractivity (Wildman–Crippen MR) is 119 cm³/mol. The van der Waals surface area contributed by atoms with Gasteiger partial charge in [-0.15, -0.1) is 0 Å². The molecule has 0 aromatic carbocycles. The van der Waals surface area contributed by atoms with E-state index in [9.17, 15) is 0 Å². The fraction of sp³-hybridized carbons (Fsp3) is 0.261. The number of pyridine rings is 3. The monoisotopic (exact) mass is 386 g/mol. The van der Waals surface area contributed by atoms with E-state index in [2.05, 4.69) is 63.8 Å². The Hall–Kier alpha value is -3.41. The Kier molecular flexibility index (Phi) is 5.42. The first-order valence-corrected chi connectivity index (χ1v) is 9.96. The summed E-state index contributed by atoms with van der Waals surface area (Å²) in [4.78, 5) is 18.2.